The minimum absolute atomic E-state index is 0.0546. The Hall–Kier alpha value is -2.17. The number of carbonyl (C=O) groups excluding carboxylic acids is 1. The molecule has 0 amide bonds. The van der Waals surface area contributed by atoms with Crippen molar-refractivity contribution in [3.05, 3.63) is 51.3 Å². The van der Waals surface area contributed by atoms with Crippen molar-refractivity contribution in [3.8, 4) is 0 Å². The van der Waals surface area contributed by atoms with Crippen molar-refractivity contribution in [2.75, 3.05) is 0 Å². The van der Waals surface area contributed by atoms with Gasteiger partial charge in [-0.15, -0.1) is 0 Å². The Morgan fingerprint density at radius 2 is 2.00 bits per heavy atom. The summed E-state index contributed by atoms with van der Waals surface area (Å²) in [7, 11) is 0. The summed E-state index contributed by atoms with van der Waals surface area (Å²) in [4.78, 5) is 22.8. The van der Waals surface area contributed by atoms with Gasteiger partial charge < -0.3 is 4.74 Å². The van der Waals surface area contributed by atoms with Gasteiger partial charge in [-0.2, -0.15) is 0 Å². The summed E-state index contributed by atoms with van der Waals surface area (Å²) < 4.78 is 5.83. The van der Waals surface area contributed by atoms with E-state index in [1.807, 2.05) is 0 Å². The molecule has 1 aliphatic carbocycles. The molecule has 0 heterocycles. The molecule has 0 saturated carbocycles. The second kappa shape index (κ2) is 7.90. The molecule has 0 fully saturated rings. The van der Waals surface area contributed by atoms with Gasteiger partial charge in [0.05, 0.1) is 10.5 Å². The molecule has 0 bridgehead atoms. The second-order valence-electron chi connectivity index (χ2n) is 6.29. The standard InChI is InChI=1S/C18H23NO4/c1-13(2)10-11-15-17(20)8-5-9-18(15)23-12-14-6-3-4-7-16(14)19(21)22/h3-4,6-7,13H,5,8-12H2,1-2H3. The summed E-state index contributed by atoms with van der Waals surface area (Å²) in [6.45, 7) is 4.38. The van der Waals surface area contributed by atoms with Crippen LogP contribution in [0.1, 0.15) is 51.5 Å². The van der Waals surface area contributed by atoms with E-state index in [9.17, 15) is 14.9 Å². The third kappa shape index (κ3) is 4.65. The summed E-state index contributed by atoms with van der Waals surface area (Å²) >= 11 is 0. The van der Waals surface area contributed by atoms with E-state index in [0.29, 0.717) is 17.9 Å². The van der Waals surface area contributed by atoms with Gasteiger partial charge >= 0.3 is 0 Å². The molecular formula is C18H23NO4. The molecule has 1 aliphatic rings. The van der Waals surface area contributed by atoms with Crippen molar-refractivity contribution < 1.29 is 14.5 Å². The number of benzene rings is 1. The average Bonchev–Trinajstić information content (AvgIpc) is 2.52. The lowest BCUT2D eigenvalue weighted by molar-refractivity contribution is -0.385. The van der Waals surface area contributed by atoms with E-state index >= 15 is 0 Å². The SMILES string of the molecule is CC(C)CCC1=C(OCc2ccccc2[N+](=O)[O-])CCCC1=O. The number of para-hydroxylation sites is 1. The van der Waals surface area contributed by atoms with Crippen LogP contribution in [-0.4, -0.2) is 10.7 Å². The van der Waals surface area contributed by atoms with E-state index in [-0.39, 0.29) is 18.1 Å². The molecule has 0 unspecified atom stereocenters. The zero-order valence-electron chi connectivity index (χ0n) is 13.7. The highest BCUT2D eigenvalue weighted by atomic mass is 16.6. The summed E-state index contributed by atoms with van der Waals surface area (Å²) in [5.74, 6) is 1.41. The first-order valence-corrected chi connectivity index (χ1v) is 8.09. The summed E-state index contributed by atoms with van der Waals surface area (Å²) in [5, 5.41) is 11.1. The highest BCUT2D eigenvalue weighted by Gasteiger charge is 2.22. The van der Waals surface area contributed by atoms with Gasteiger partial charge in [-0.05, 0) is 31.2 Å². The molecule has 0 spiro atoms. The highest BCUT2D eigenvalue weighted by molar-refractivity contribution is 5.96. The van der Waals surface area contributed by atoms with E-state index < -0.39 is 4.92 Å². The molecule has 23 heavy (non-hydrogen) atoms. The largest absolute Gasteiger partial charge is 0.493 e. The topological polar surface area (TPSA) is 69.4 Å². The zero-order valence-corrected chi connectivity index (χ0v) is 13.7. The predicted molar refractivity (Wildman–Crippen MR) is 87.8 cm³/mol. The van der Waals surface area contributed by atoms with Gasteiger partial charge in [0.25, 0.3) is 5.69 Å². The minimum Gasteiger partial charge on any atom is -0.493 e. The third-order valence-electron chi connectivity index (χ3n) is 4.04. The lowest BCUT2D eigenvalue weighted by Crippen LogP contribution is -2.14. The van der Waals surface area contributed by atoms with Crippen molar-refractivity contribution in [2.24, 2.45) is 5.92 Å². The van der Waals surface area contributed by atoms with Crippen LogP contribution in [0.2, 0.25) is 0 Å². The minimum atomic E-state index is -0.404. The van der Waals surface area contributed by atoms with E-state index in [0.717, 1.165) is 37.0 Å². The number of ketones is 1. The number of Topliss-reactive ketones (excluding diaryl/α,β-unsaturated/α-hetero) is 1. The Morgan fingerprint density at radius 1 is 1.26 bits per heavy atom. The molecule has 0 aliphatic heterocycles. The Morgan fingerprint density at radius 3 is 2.70 bits per heavy atom. The quantitative estimate of drug-likeness (QED) is 0.546. The number of nitro benzene ring substituents is 1. The maximum Gasteiger partial charge on any atom is 0.276 e. The monoisotopic (exact) mass is 317 g/mol. The first kappa shape index (κ1) is 17.2. The summed E-state index contributed by atoms with van der Waals surface area (Å²) in [5.41, 5.74) is 1.37. The molecular weight excluding hydrogens is 294 g/mol. The maximum atomic E-state index is 12.2. The van der Waals surface area contributed by atoms with Gasteiger partial charge in [0.15, 0.2) is 5.78 Å². The van der Waals surface area contributed by atoms with Gasteiger partial charge in [-0.3, -0.25) is 14.9 Å². The number of hydrogen-bond donors (Lipinski definition) is 0. The van der Waals surface area contributed by atoms with E-state index in [1.165, 1.54) is 6.07 Å². The summed E-state index contributed by atoms with van der Waals surface area (Å²) in [6, 6.07) is 6.56. The number of ether oxygens (including phenoxy) is 1. The van der Waals surface area contributed by atoms with Gasteiger partial charge in [-0.1, -0.05) is 26.0 Å². The molecule has 1 aromatic carbocycles. The number of nitrogens with zero attached hydrogens (tertiary/aromatic N) is 1. The van der Waals surface area contributed by atoms with Crippen LogP contribution in [0, 0.1) is 16.0 Å². The first-order valence-electron chi connectivity index (χ1n) is 8.09. The molecule has 0 N–H and O–H groups in total. The predicted octanol–water partition coefficient (Wildman–Crippen LogP) is 4.55. The van der Waals surface area contributed by atoms with Crippen LogP contribution in [0.3, 0.4) is 0 Å². The molecule has 0 aromatic heterocycles. The van der Waals surface area contributed by atoms with Crippen molar-refractivity contribution in [2.45, 2.75) is 52.6 Å². The van der Waals surface area contributed by atoms with Gasteiger partial charge in [0.2, 0.25) is 0 Å². The van der Waals surface area contributed by atoms with Crippen molar-refractivity contribution in [1.29, 1.82) is 0 Å². The van der Waals surface area contributed by atoms with Crippen LogP contribution in [0.15, 0.2) is 35.6 Å². The van der Waals surface area contributed by atoms with Gasteiger partial charge in [0.1, 0.15) is 12.4 Å². The van der Waals surface area contributed by atoms with Crippen LogP contribution in [0.4, 0.5) is 5.69 Å². The number of carbonyl (C=O) groups is 1. The van der Waals surface area contributed by atoms with Gasteiger partial charge in [-0.25, -0.2) is 0 Å². The third-order valence-corrected chi connectivity index (χ3v) is 4.04. The Balaban J connectivity index is 2.14. The molecule has 124 valence electrons. The number of allylic oxidation sites excluding steroid dienone is 2. The molecule has 2 rings (SSSR count). The fourth-order valence-corrected chi connectivity index (χ4v) is 2.71. The van der Waals surface area contributed by atoms with E-state index in [2.05, 4.69) is 13.8 Å². The average molecular weight is 317 g/mol. The number of hydrogen-bond acceptors (Lipinski definition) is 4. The maximum absolute atomic E-state index is 12.2. The Bertz CT molecular complexity index is 619. The normalized spacial score (nSPS) is 15.2. The first-order chi connectivity index (χ1) is 11.0. The number of rotatable bonds is 7. The summed E-state index contributed by atoms with van der Waals surface area (Å²) in [6.07, 6.45) is 3.77. The molecule has 0 radical (unpaired) electrons. The Labute approximate surface area is 136 Å². The number of nitro groups is 1. The lowest BCUT2D eigenvalue weighted by Gasteiger charge is -2.20. The fourth-order valence-electron chi connectivity index (χ4n) is 2.71. The van der Waals surface area contributed by atoms with Crippen molar-refractivity contribution in [3.63, 3.8) is 0 Å². The van der Waals surface area contributed by atoms with Crippen LogP contribution >= 0.6 is 0 Å². The van der Waals surface area contributed by atoms with Crippen LogP contribution in [0.5, 0.6) is 0 Å². The van der Waals surface area contributed by atoms with Crippen LogP contribution < -0.4 is 0 Å². The molecule has 0 atom stereocenters. The molecule has 1 aromatic rings. The van der Waals surface area contributed by atoms with Crippen LogP contribution in [-0.2, 0) is 16.1 Å². The zero-order chi connectivity index (χ0) is 16.8. The Kier molecular flexibility index (Phi) is 5.90. The molecule has 5 nitrogen and oxygen atoms in total. The highest BCUT2D eigenvalue weighted by Crippen LogP contribution is 2.29. The van der Waals surface area contributed by atoms with E-state index in [1.54, 1.807) is 18.2 Å². The fraction of sp³-hybridized carbons (Fsp3) is 0.500. The smallest absolute Gasteiger partial charge is 0.276 e. The van der Waals surface area contributed by atoms with Gasteiger partial charge in [0, 0.05) is 24.5 Å². The lowest BCUT2D eigenvalue weighted by atomic mass is 9.91. The molecule has 5 heteroatoms. The second-order valence-corrected chi connectivity index (χ2v) is 6.29. The van der Waals surface area contributed by atoms with E-state index in [4.69, 9.17) is 4.74 Å². The van der Waals surface area contributed by atoms with Crippen molar-refractivity contribution >= 4 is 11.5 Å². The molecule has 0 saturated heterocycles. The van der Waals surface area contributed by atoms with Crippen LogP contribution in [0.25, 0.3) is 0 Å². The van der Waals surface area contributed by atoms with Crippen molar-refractivity contribution in [1.82, 2.24) is 0 Å².